The summed E-state index contributed by atoms with van der Waals surface area (Å²) < 4.78 is 9.94. The summed E-state index contributed by atoms with van der Waals surface area (Å²) in [5.41, 5.74) is 0.174. The number of aliphatic imine (C=N–C) groups is 1. The Morgan fingerprint density at radius 2 is 2.35 bits per heavy atom. The number of carbonyl (C=O) groups excluding carboxylic acids is 1. The topological polar surface area (TPSA) is 59.9 Å². The number of nitrogens with zero attached hydrogens (tertiary/aromatic N) is 1. The number of rotatable bonds is 3. The van der Waals surface area contributed by atoms with Crippen LogP contribution in [0.2, 0.25) is 0 Å². The maximum Gasteiger partial charge on any atom is 0.307 e. The van der Waals surface area contributed by atoms with Crippen LogP contribution in [-0.4, -0.2) is 49.3 Å². The van der Waals surface area contributed by atoms with E-state index in [1.165, 1.54) is 7.11 Å². The third-order valence-corrected chi connectivity index (χ3v) is 4.31. The van der Waals surface area contributed by atoms with Crippen molar-refractivity contribution in [2.24, 2.45) is 4.99 Å². The van der Waals surface area contributed by atoms with Gasteiger partial charge in [0.25, 0.3) is 0 Å². The molecule has 0 aromatic carbocycles. The number of carbonyl (C=O) groups is 1. The monoisotopic (exact) mass is 258 g/mol. The van der Waals surface area contributed by atoms with E-state index in [-0.39, 0.29) is 11.5 Å². The number of amidine groups is 1. The number of esters is 1. The van der Waals surface area contributed by atoms with Gasteiger partial charge in [-0.3, -0.25) is 9.79 Å². The smallest absolute Gasteiger partial charge is 0.307 e. The van der Waals surface area contributed by atoms with Crippen molar-refractivity contribution < 1.29 is 14.3 Å². The molecule has 2 aliphatic rings. The van der Waals surface area contributed by atoms with Crippen molar-refractivity contribution in [2.75, 3.05) is 32.6 Å². The maximum atomic E-state index is 10.9. The molecular formula is C11H18N2O3S. The van der Waals surface area contributed by atoms with Gasteiger partial charge in [0.05, 0.1) is 25.6 Å². The summed E-state index contributed by atoms with van der Waals surface area (Å²) in [4.78, 5) is 15.3. The molecule has 96 valence electrons. The van der Waals surface area contributed by atoms with Crippen molar-refractivity contribution in [3.05, 3.63) is 0 Å². The van der Waals surface area contributed by atoms with Gasteiger partial charge < -0.3 is 14.8 Å². The summed E-state index contributed by atoms with van der Waals surface area (Å²) in [5, 5.41) is 4.43. The molecule has 1 spiro atoms. The van der Waals surface area contributed by atoms with Gasteiger partial charge in [-0.2, -0.15) is 0 Å². The van der Waals surface area contributed by atoms with Crippen molar-refractivity contribution in [1.82, 2.24) is 5.32 Å². The van der Waals surface area contributed by atoms with Gasteiger partial charge in [-0.15, -0.1) is 0 Å². The molecule has 5 nitrogen and oxygen atoms in total. The molecule has 1 N–H and O–H groups in total. The van der Waals surface area contributed by atoms with E-state index >= 15 is 0 Å². The van der Waals surface area contributed by atoms with Crippen molar-refractivity contribution in [2.45, 2.75) is 24.8 Å². The zero-order valence-corrected chi connectivity index (χ0v) is 10.8. The van der Waals surface area contributed by atoms with Gasteiger partial charge in [-0.25, -0.2) is 0 Å². The Bertz CT molecular complexity index is 314. The first-order valence-electron chi connectivity index (χ1n) is 5.84. The third kappa shape index (κ3) is 3.35. The van der Waals surface area contributed by atoms with Crippen LogP contribution in [0.1, 0.15) is 19.3 Å². The molecule has 2 saturated heterocycles. The second-order valence-electron chi connectivity index (χ2n) is 4.32. The SMILES string of the molecule is COC(=O)CCN=C1NC2(CCOCC2)CS1. The quantitative estimate of drug-likeness (QED) is 0.758. The average Bonchev–Trinajstić information content (AvgIpc) is 2.73. The highest BCUT2D eigenvalue weighted by molar-refractivity contribution is 8.14. The molecule has 0 bridgehead atoms. The van der Waals surface area contributed by atoms with Crippen molar-refractivity contribution in [3.8, 4) is 0 Å². The summed E-state index contributed by atoms with van der Waals surface area (Å²) in [5.74, 6) is 0.839. The molecule has 17 heavy (non-hydrogen) atoms. The van der Waals surface area contributed by atoms with Crippen LogP contribution in [0.5, 0.6) is 0 Å². The summed E-state index contributed by atoms with van der Waals surface area (Å²) >= 11 is 1.74. The van der Waals surface area contributed by atoms with E-state index in [1.807, 2.05) is 0 Å². The molecule has 2 fully saturated rings. The molecule has 2 rings (SSSR count). The number of methoxy groups -OCH3 is 1. The zero-order valence-electron chi connectivity index (χ0n) is 10.0. The number of hydrogen-bond acceptors (Lipinski definition) is 5. The maximum absolute atomic E-state index is 10.9. The molecule has 0 radical (unpaired) electrons. The predicted octanol–water partition coefficient (Wildman–Crippen LogP) is 0.791. The summed E-state index contributed by atoms with van der Waals surface area (Å²) in [6.07, 6.45) is 2.42. The van der Waals surface area contributed by atoms with Gasteiger partial charge in [0.15, 0.2) is 5.17 Å². The lowest BCUT2D eigenvalue weighted by molar-refractivity contribution is -0.140. The Morgan fingerprint density at radius 3 is 3.06 bits per heavy atom. The lowest BCUT2D eigenvalue weighted by atomic mass is 9.93. The van der Waals surface area contributed by atoms with Gasteiger partial charge in [0.2, 0.25) is 0 Å². The molecule has 6 heteroatoms. The lowest BCUT2D eigenvalue weighted by Crippen LogP contribution is -2.48. The molecule has 2 aliphatic heterocycles. The van der Waals surface area contributed by atoms with Crippen LogP contribution >= 0.6 is 11.8 Å². The summed E-state index contributed by atoms with van der Waals surface area (Å²) in [6.45, 7) is 2.14. The van der Waals surface area contributed by atoms with E-state index < -0.39 is 0 Å². The molecule has 0 aromatic heterocycles. The van der Waals surface area contributed by atoms with Crippen LogP contribution in [0.15, 0.2) is 4.99 Å². The number of nitrogens with one attached hydrogen (secondary N) is 1. The molecule has 2 heterocycles. The Morgan fingerprint density at radius 1 is 1.59 bits per heavy atom. The molecule has 0 aromatic rings. The van der Waals surface area contributed by atoms with Gasteiger partial charge in [0, 0.05) is 19.0 Å². The van der Waals surface area contributed by atoms with E-state index in [9.17, 15) is 4.79 Å². The van der Waals surface area contributed by atoms with Gasteiger partial charge in [-0.05, 0) is 12.8 Å². The molecule has 0 unspecified atom stereocenters. The van der Waals surface area contributed by atoms with Gasteiger partial charge in [0.1, 0.15) is 0 Å². The van der Waals surface area contributed by atoms with E-state index in [2.05, 4.69) is 15.0 Å². The third-order valence-electron chi connectivity index (χ3n) is 3.11. The zero-order chi connectivity index (χ0) is 12.1. The van der Waals surface area contributed by atoms with Crippen LogP contribution in [0, 0.1) is 0 Å². The minimum Gasteiger partial charge on any atom is -0.469 e. The van der Waals surface area contributed by atoms with Crippen molar-refractivity contribution in [1.29, 1.82) is 0 Å². The molecular weight excluding hydrogens is 240 g/mol. The largest absolute Gasteiger partial charge is 0.469 e. The van der Waals surface area contributed by atoms with E-state index in [1.54, 1.807) is 11.8 Å². The van der Waals surface area contributed by atoms with Crippen LogP contribution in [0.25, 0.3) is 0 Å². The fourth-order valence-electron chi connectivity index (χ4n) is 1.97. The number of ether oxygens (including phenoxy) is 2. The standard InChI is InChI=1S/C11H18N2O3S/c1-15-9(14)2-5-12-10-13-11(8-17-10)3-6-16-7-4-11/h2-8H2,1H3,(H,12,13). The fraction of sp³-hybridized carbons (Fsp3) is 0.818. The van der Waals surface area contributed by atoms with E-state index in [0.717, 1.165) is 37.0 Å². The highest BCUT2D eigenvalue weighted by Gasteiger charge is 2.38. The fourth-order valence-corrected chi connectivity index (χ4v) is 3.22. The summed E-state index contributed by atoms with van der Waals surface area (Å²) in [6, 6.07) is 0. The number of thioether (sulfide) groups is 1. The first-order valence-corrected chi connectivity index (χ1v) is 6.83. The van der Waals surface area contributed by atoms with Gasteiger partial charge in [-0.1, -0.05) is 11.8 Å². The second kappa shape index (κ2) is 5.73. The first-order chi connectivity index (χ1) is 8.24. The average molecular weight is 258 g/mol. The van der Waals surface area contributed by atoms with Crippen LogP contribution in [0.4, 0.5) is 0 Å². The Labute approximate surface area is 105 Å². The molecule has 0 amide bonds. The van der Waals surface area contributed by atoms with Crippen molar-refractivity contribution >= 4 is 22.9 Å². The highest BCUT2D eigenvalue weighted by Crippen LogP contribution is 2.31. The predicted molar refractivity (Wildman–Crippen MR) is 67.3 cm³/mol. The first kappa shape index (κ1) is 12.7. The summed E-state index contributed by atoms with van der Waals surface area (Å²) in [7, 11) is 1.40. The Kier molecular flexibility index (Phi) is 4.28. The van der Waals surface area contributed by atoms with Crippen LogP contribution < -0.4 is 5.32 Å². The molecule has 0 aliphatic carbocycles. The molecule has 0 saturated carbocycles. The Balaban J connectivity index is 1.80. The lowest BCUT2D eigenvalue weighted by Gasteiger charge is -2.32. The van der Waals surface area contributed by atoms with Crippen LogP contribution in [0.3, 0.4) is 0 Å². The Hall–Kier alpha value is -0.750. The molecule has 0 atom stereocenters. The minimum atomic E-state index is -0.210. The highest BCUT2D eigenvalue weighted by atomic mass is 32.2. The van der Waals surface area contributed by atoms with E-state index in [0.29, 0.717) is 13.0 Å². The van der Waals surface area contributed by atoms with Crippen molar-refractivity contribution in [3.63, 3.8) is 0 Å². The van der Waals surface area contributed by atoms with Gasteiger partial charge >= 0.3 is 5.97 Å². The second-order valence-corrected chi connectivity index (χ2v) is 5.28. The minimum absolute atomic E-state index is 0.174. The van der Waals surface area contributed by atoms with E-state index in [4.69, 9.17) is 4.74 Å². The van der Waals surface area contributed by atoms with Crippen LogP contribution in [-0.2, 0) is 14.3 Å². The number of hydrogen-bond donors (Lipinski definition) is 1. The normalized spacial score (nSPS) is 24.9.